The second-order valence-electron chi connectivity index (χ2n) is 7.55. The summed E-state index contributed by atoms with van der Waals surface area (Å²) in [6.45, 7) is 0.704. The molecule has 0 amide bonds. The first-order valence-corrected chi connectivity index (χ1v) is 10.1. The molecule has 1 aliphatic carbocycles. The van der Waals surface area contributed by atoms with Gasteiger partial charge in [0.2, 0.25) is 0 Å². The summed E-state index contributed by atoms with van der Waals surface area (Å²) in [5, 5.41) is 8.49. The molecule has 1 aromatic carbocycles. The molecule has 1 aromatic heterocycles. The van der Waals surface area contributed by atoms with E-state index in [0.717, 1.165) is 27.1 Å². The number of carbonyl (C=O) groups is 1. The zero-order chi connectivity index (χ0) is 20.0. The molecular formula is C21H23BrN4O2. The monoisotopic (exact) mass is 442 g/mol. The van der Waals surface area contributed by atoms with Crippen molar-refractivity contribution in [1.29, 1.82) is 5.41 Å². The maximum Gasteiger partial charge on any atom is 0.182 e. The number of ether oxygens (including phenoxy) is 1. The first-order valence-electron chi connectivity index (χ1n) is 9.30. The van der Waals surface area contributed by atoms with Crippen LogP contribution in [0.4, 0.5) is 5.69 Å². The average Bonchev–Trinajstić information content (AvgIpc) is 3.47. The van der Waals surface area contributed by atoms with Crippen LogP contribution in [0, 0.1) is 5.41 Å². The van der Waals surface area contributed by atoms with E-state index in [2.05, 4.69) is 28.1 Å². The normalized spacial score (nSPS) is 15.6. The highest BCUT2D eigenvalue weighted by molar-refractivity contribution is 9.10. The highest BCUT2D eigenvalue weighted by Crippen LogP contribution is 2.40. The van der Waals surface area contributed by atoms with Crippen LogP contribution in [-0.2, 0) is 6.54 Å². The number of nitrogens with zero attached hydrogens (tertiary/aromatic N) is 3. The number of ketones is 1. The fourth-order valence-electron chi connectivity index (χ4n) is 3.55. The van der Waals surface area contributed by atoms with Crippen molar-refractivity contribution in [3.63, 3.8) is 0 Å². The molecule has 0 radical (unpaired) electrons. The molecule has 1 fully saturated rings. The van der Waals surface area contributed by atoms with Gasteiger partial charge in [-0.1, -0.05) is 6.07 Å². The van der Waals surface area contributed by atoms with Crippen LogP contribution in [0.5, 0.6) is 5.75 Å². The quantitative estimate of drug-likeness (QED) is 0.688. The molecule has 28 heavy (non-hydrogen) atoms. The third-order valence-electron chi connectivity index (χ3n) is 5.26. The zero-order valence-electron chi connectivity index (χ0n) is 16.3. The standard InChI is InChI=1S/C21H23BrN4O2/c1-25(2)17-9-14(8-15(22)20(17)28-3)18(27)11-26-10-13-6-7-16(12-4-5-12)24-19(13)21(26)23/h6-9,12,23H,4-5,10-11H2,1-3H3. The van der Waals surface area contributed by atoms with Gasteiger partial charge < -0.3 is 14.5 Å². The van der Waals surface area contributed by atoms with Gasteiger partial charge in [-0.05, 0) is 47.0 Å². The maximum atomic E-state index is 13.0. The number of halogens is 1. The first kappa shape index (κ1) is 18.9. The third-order valence-corrected chi connectivity index (χ3v) is 5.85. The Morgan fingerprint density at radius 2 is 2.11 bits per heavy atom. The summed E-state index contributed by atoms with van der Waals surface area (Å²) >= 11 is 3.50. The van der Waals surface area contributed by atoms with Gasteiger partial charge in [-0.15, -0.1) is 0 Å². The number of pyridine rings is 1. The molecular weight excluding hydrogens is 420 g/mol. The molecule has 4 rings (SSSR count). The number of carbonyl (C=O) groups excluding carboxylic acids is 1. The van der Waals surface area contributed by atoms with Crippen molar-refractivity contribution in [3.05, 3.63) is 51.3 Å². The van der Waals surface area contributed by atoms with E-state index in [1.807, 2.05) is 25.1 Å². The lowest BCUT2D eigenvalue weighted by molar-refractivity contribution is 0.0962. The Hall–Kier alpha value is -2.41. The molecule has 0 atom stereocenters. The smallest absolute Gasteiger partial charge is 0.182 e. The molecule has 2 aromatic rings. The Morgan fingerprint density at radius 3 is 2.75 bits per heavy atom. The first-order chi connectivity index (χ1) is 13.4. The number of hydrogen-bond acceptors (Lipinski definition) is 5. The predicted octanol–water partition coefficient (Wildman–Crippen LogP) is 3.82. The minimum absolute atomic E-state index is 0.0357. The van der Waals surface area contributed by atoms with E-state index in [1.54, 1.807) is 18.1 Å². The van der Waals surface area contributed by atoms with E-state index in [9.17, 15) is 4.79 Å². The molecule has 1 N–H and O–H groups in total. The minimum Gasteiger partial charge on any atom is -0.493 e. The van der Waals surface area contributed by atoms with E-state index in [1.165, 1.54) is 12.8 Å². The van der Waals surface area contributed by atoms with Crippen LogP contribution in [0.1, 0.15) is 46.1 Å². The largest absolute Gasteiger partial charge is 0.493 e. The average molecular weight is 443 g/mol. The maximum absolute atomic E-state index is 13.0. The van der Waals surface area contributed by atoms with Crippen LogP contribution in [0.3, 0.4) is 0 Å². The van der Waals surface area contributed by atoms with Gasteiger partial charge in [0.1, 0.15) is 11.5 Å². The van der Waals surface area contributed by atoms with Gasteiger partial charge in [0.15, 0.2) is 11.5 Å². The molecule has 6 nitrogen and oxygen atoms in total. The summed E-state index contributed by atoms with van der Waals surface area (Å²) in [6.07, 6.45) is 2.36. The van der Waals surface area contributed by atoms with Crippen LogP contribution >= 0.6 is 15.9 Å². The van der Waals surface area contributed by atoms with Crippen LogP contribution < -0.4 is 9.64 Å². The summed E-state index contributed by atoms with van der Waals surface area (Å²) < 4.78 is 6.18. The number of amidine groups is 1. The van der Waals surface area contributed by atoms with Crippen molar-refractivity contribution < 1.29 is 9.53 Å². The molecule has 0 unspecified atom stereocenters. The van der Waals surface area contributed by atoms with Crippen molar-refractivity contribution in [3.8, 4) is 5.75 Å². The third kappa shape index (κ3) is 3.39. The van der Waals surface area contributed by atoms with Crippen molar-refractivity contribution in [2.45, 2.75) is 25.3 Å². The minimum atomic E-state index is -0.0357. The van der Waals surface area contributed by atoms with Crippen molar-refractivity contribution in [1.82, 2.24) is 9.88 Å². The summed E-state index contributed by atoms with van der Waals surface area (Å²) in [5.74, 6) is 1.55. The Bertz CT molecular complexity index is 969. The van der Waals surface area contributed by atoms with Gasteiger partial charge in [0.05, 0.1) is 23.8 Å². The number of aromatic nitrogens is 1. The van der Waals surface area contributed by atoms with Crippen molar-refractivity contribution in [2.75, 3.05) is 32.6 Å². The van der Waals surface area contributed by atoms with Gasteiger partial charge in [-0.25, -0.2) is 4.98 Å². The van der Waals surface area contributed by atoms with E-state index in [4.69, 9.17) is 15.1 Å². The Balaban J connectivity index is 1.55. The molecule has 0 spiro atoms. The second kappa shape index (κ2) is 7.20. The van der Waals surface area contributed by atoms with Gasteiger partial charge in [0, 0.05) is 43.4 Å². The van der Waals surface area contributed by atoms with Gasteiger partial charge >= 0.3 is 0 Å². The molecule has 2 heterocycles. The highest BCUT2D eigenvalue weighted by atomic mass is 79.9. The Kier molecular flexibility index (Phi) is 4.87. The lowest BCUT2D eigenvalue weighted by atomic mass is 10.1. The number of fused-ring (bicyclic) bond motifs is 1. The van der Waals surface area contributed by atoms with Crippen LogP contribution in [-0.4, -0.2) is 49.3 Å². The number of anilines is 1. The molecule has 1 saturated carbocycles. The van der Waals surface area contributed by atoms with E-state index < -0.39 is 0 Å². The van der Waals surface area contributed by atoms with E-state index in [-0.39, 0.29) is 12.3 Å². The lowest BCUT2D eigenvalue weighted by Gasteiger charge is -2.20. The molecule has 2 aliphatic rings. The van der Waals surface area contributed by atoms with Gasteiger partial charge in [-0.3, -0.25) is 10.2 Å². The fourth-order valence-corrected chi connectivity index (χ4v) is 4.16. The van der Waals surface area contributed by atoms with Gasteiger partial charge in [0.25, 0.3) is 0 Å². The Morgan fingerprint density at radius 1 is 1.36 bits per heavy atom. The number of methoxy groups -OCH3 is 1. The summed E-state index contributed by atoms with van der Waals surface area (Å²) in [4.78, 5) is 21.4. The van der Waals surface area contributed by atoms with Gasteiger partial charge in [-0.2, -0.15) is 0 Å². The van der Waals surface area contributed by atoms with Crippen molar-refractivity contribution in [2.24, 2.45) is 0 Å². The zero-order valence-corrected chi connectivity index (χ0v) is 17.8. The van der Waals surface area contributed by atoms with Crippen LogP contribution in [0.15, 0.2) is 28.7 Å². The molecule has 1 aliphatic heterocycles. The molecule has 146 valence electrons. The topological polar surface area (TPSA) is 69.5 Å². The summed E-state index contributed by atoms with van der Waals surface area (Å²) in [6, 6.07) is 7.74. The highest BCUT2D eigenvalue weighted by Gasteiger charge is 2.31. The summed E-state index contributed by atoms with van der Waals surface area (Å²) in [7, 11) is 5.43. The number of rotatable bonds is 6. The molecule has 7 heteroatoms. The molecule has 0 saturated heterocycles. The fraction of sp³-hybridized carbons (Fsp3) is 0.381. The number of Topliss-reactive ketones (excluding diaryl/α,β-unsaturated/α-hetero) is 1. The van der Waals surface area contributed by atoms with E-state index >= 15 is 0 Å². The number of benzene rings is 1. The number of nitrogens with one attached hydrogen (secondary N) is 1. The van der Waals surface area contributed by atoms with Crippen LogP contribution in [0.25, 0.3) is 0 Å². The van der Waals surface area contributed by atoms with Crippen LogP contribution in [0.2, 0.25) is 0 Å². The predicted molar refractivity (Wildman–Crippen MR) is 113 cm³/mol. The number of hydrogen-bond donors (Lipinski definition) is 1. The second-order valence-corrected chi connectivity index (χ2v) is 8.41. The SMILES string of the molecule is COc1c(Br)cc(C(=O)CN2Cc3ccc(C4CC4)nc3C2=N)cc1N(C)C. The van der Waals surface area contributed by atoms with E-state index in [0.29, 0.717) is 29.6 Å². The van der Waals surface area contributed by atoms with Crippen molar-refractivity contribution >= 4 is 33.2 Å². The molecule has 0 bridgehead atoms. The lowest BCUT2D eigenvalue weighted by Crippen LogP contribution is -2.30. The summed E-state index contributed by atoms with van der Waals surface area (Å²) in [5.41, 5.74) is 4.24. The Labute approximate surface area is 173 Å².